The summed E-state index contributed by atoms with van der Waals surface area (Å²) in [5.74, 6) is -0.513. The molecule has 1 unspecified atom stereocenters. The fraction of sp³-hybridized carbons (Fsp3) is 0.387. The van der Waals surface area contributed by atoms with E-state index < -0.39 is 46.7 Å². The van der Waals surface area contributed by atoms with Gasteiger partial charge in [0, 0.05) is 17.7 Å². The molecule has 1 atom stereocenters. The second-order valence-corrected chi connectivity index (χ2v) is 11.4. The Bertz CT molecular complexity index is 1550. The third-order valence-corrected chi connectivity index (χ3v) is 7.78. The number of nitrogens with zero attached hydrogens (tertiary/aromatic N) is 2. The van der Waals surface area contributed by atoms with E-state index in [1.807, 2.05) is 0 Å². The van der Waals surface area contributed by atoms with Crippen molar-refractivity contribution in [1.29, 1.82) is 0 Å². The predicted molar refractivity (Wildman–Crippen MR) is 158 cm³/mol. The van der Waals surface area contributed by atoms with Gasteiger partial charge >= 0.3 is 12.3 Å². The molecule has 0 radical (unpaired) electrons. The van der Waals surface area contributed by atoms with Gasteiger partial charge in [-0.25, -0.2) is 9.78 Å². The van der Waals surface area contributed by atoms with Gasteiger partial charge < -0.3 is 29.7 Å². The molecule has 1 aliphatic rings. The van der Waals surface area contributed by atoms with Crippen molar-refractivity contribution in [2.75, 3.05) is 20.8 Å². The van der Waals surface area contributed by atoms with Gasteiger partial charge in [-0.3, -0.25) is 9.69 Å². The van der Waals surface area contributed by atoms with Gasteiger partial charge in [0.2, 0.25) is 5.60 Å². The molecular weight excluding hydrogens is 619 g/mol. The summed E-state index contributed by atoms with van der Waals surface area (Å²) in [6, 6.07) is 13.6. The van der Waals surface area contributed by atoms with Gasteiger partial charge in [0.15, 0.2) is 22.4 Å². The van der Waals surface area contributed by atoms with Crippen LogP contribution in [-0.4, -0.2) is 65.1 Å². The number of ether oxygens (including phenoxy) is 3. The molecule has 3 aromatic rings. The van der Waals surface area contributed by atoms with Gasteiger partial charge in [-0.05, 0) is 56.5 Å². The molecule has 1 aromatic heterocycles. The number of carbonyl (C=O) groups is 2. The van der Waals surface area contributed by atoms with E-state index in [2.05, 4.69) is 10.3 Å². The van der Waals surface area contributed by atoms with E-state index >= 15 is 0 Å². The van der Waals surface area contributed by atoms with E-state index in [-0.39, 0.29) is 35.3 Å². The smallest absolute Gasteiger partial charge is 0.424 e. The van der Waals surface area contributed by atoms with Gasteiger partial charge in [-0.2, -0.15) is 13.2 Å². The Morgan fingerprint density at radius 2 is 1.71 bits per heavy atom. The van der Waals surface area contributed by atoms with Crippen LogP contribution in [0.1, 0.15) is 53.9 Å². The first kappa shape index (κ1) is 33.7. The van der Waals surface area contributed by atoms with Crippen molar-refractivity contribution in [2.45, 2.75) is 56.7 Å². The summed E-state index contributed by atoms with van der Waals surface area (Å²) < 4.78 is 60.1. The van der Waals surface area contributed by atoms with Crippen molar-refractivity contribution >= 4 is 23.6 Å². The Hall–Kier alpha value is -4.23. The molecule has 1 aliphatic carbocycles. The minimum Gasteiger partial charge on any atom is -0.493 e. The van der Waals surface area contributed by atoms with E-state index in [1.54, 1.807) is 30.3 Å². The van der Waals surface area contributed by atoms with Crippen molar-refractivity contribution in [1.82, 2.24) is 15.2 Å². The highest BCUT2D eigenvalue weighted by atomic mass is 35.5. The van der Waals surface area contributed by atoms with Gasteiger partial charge in [-0.1, -0.05) is 41.9 Å². The minimum atomic E-state index is -5.36. The molecule has 0 aliphatic heterocycles. The molecule has 10 nitrogen and oxygen atoms in total. The first-order valence-corrected chi connectivity index (χ1v) is 14.2. The number of alkyl halides is 3. The molecule has 4 rings (SSSR count). The highest BCUT2D eigenvalue weighted by Gasteiger charge is 2.57. The SMILES string of the molecule is COc1cc(C(=O)NCC(O)(c2cc(C(C)(C)N(Cc3ccccc3)C(=O)O)c(OC)c(Cl)n2)C(F)(F)F)ccc1OC1CC1. The summed E-state index contributed by atoms with van der Waals surface area (Å²) in [5, 5.41) is 22.8. The van der Waals surface area contributed by atoms with E-state index in [1.165, 1.54) is 46.3 Å². The van der Waals surface area contributed by atoms with E-state index in [4.69, 9.17) is 25.8 Å². The maximum absolute atomic E-state index is 14.6. The summed E-state index contributed by atoms with van der Waals surface area (Å²) in [4.78, 5) is 30.2. The Morgan fingerprint density at radius 1 is 1.04 bits per heavy atom. The molecule has 0 spiro atoms. The highest BCUT2D eigenvalue weighted by Crippen LogP contribution is 2.44. The van der Waals surface area contributed by atoms with Crippen LogP contribution in [0.15, 0.2) is 54.6 Å². The van der Waals surface area contributed by atoms with E-state index in [0.29, 0.717) is 11.3 Å². The molecular formula is C31H33ClF3N3O7. The third-order valence-electron chi connectivity index (χ3n) is 7.53. The zero-order chi connectivity index (χ0) is 33.2. The molecule has 1 heterocycles. The van der Waals surface area contributed by atoms with Crippen LogP contribution in [0, 0.1) is 0 Å². The first-order chi connectivity index (χ1) is 21.1. The van der Waals surface area contributed by atoms with Crippen LogP contribution in [0.2, 0.25) is 5.15 Å². The Balaban J connectivity index is 1.70. The van der Waals surface area contributed by atoms with Crippen LogP contribution in [0.25, 0.3) is 0 Å². The van der Waals surface area contributed by atoms with Gasteiger partial charge in [-0.15, -0.1) is 0 Å². The molecule has 2 amide bonds. The van der Waals surface area contributed by atoms with Gasteiger partial charge in [0.1, 0.15) is 0 Å². The Morgan fingerprint density at radius 3 is 2.27 bits per heavy atom. The highest BCUT2D eigenvalue weighted by molar-refractivity contribution is 6.31. The average Bonchev–Trinajstić information content (AvgIpc) is 3.82. The number of amides is 2. The lowest BCUT2D eigenvalue weighted by Gasteiger charge is -2.39. The number of aromatic nitrogens is 1. The Kier molecular flexibility index (Phi) is 9.74. The number of aliphatic hydroxyl groups is 1. The number of hydrogen-bond donors (Lipinski definition) is 3. The standard InChI is InChI=1S/C31H33ClF3N3O7/c1-29(2,38(28(40)41)16-18-8-6-5-7-9-18)21-15-24(37-26(32)25(21)44-4)30(42,31(33,34)35)17-36-27(39)19-10-13-22(23(14-19)43-3)45-20-11-12-20/h5-10,13-15,20,42H,11-12,16-17H2,1-4H3,(H,36,39)(H,40,41). The second kappa shape index (κ2) is 13.0. The zero-order valence-corrected chi connectivity index (χ0v) is 25.7. The average molecular weight is 652 g/mol. The van der Waals surface area contributed by atoms with Gasteiger partial charge in [0.05, 0.1) is 38.1 Å². The third kappa shape index (κ3) is 7.20. The minimum absolute atomic E-state index is 0.0416. The van der Waals surface area contributed by atoms with Crippen LogP contribution in [-0.2, 0) is 17.7 Å². The molecule has 2 aromatic carbocycles. The lowest BCUT2D eigenvalue weighted by molar-refractivity contribution is -0.265. The Labute approximate surface area is 262 Å². The van der Waals surface area contributed by atoms with E-state index in [9.17, 15) is 33.0 Å². The predicted octanol–water partition coefficient (Wildman–Crippen LogP) is 5.89. The molecule has 242 valence electrons. The summed E-state index contributed by atoms with van der Waals surface area (Å²) in [7, 11) is 2.57. The molecule has 1 saturated carbocycles. The van der Waals surface area contributed by atoms with Crippen molar-refractivity contribution in [3.63, 3.8) is 0 Å². The summed E-state index contributed by atoms with van der Waals surface area (Å²) in [6.07, 6.45) is -4.93. The van der Waals surface area contributed by atoms with Crippen molar-refractivity contribution < 1.29 is 47.2 Å². The fourth-order valence-electron chi connectivity index (χ4n) is 4.70. The monoisotopic (exact) mass is 651 g/mol. The lowest BCUT2D eigenvalue weighted by atomic mass is 9.88. The second-order valence-electron chi connectivity index (χ2n) is 11.0. The van der Waals surface area contributed by atoms with Crippen LogP contribution >= 0.6 is 11.6 Å². The quantitative estimate of drug-likeness (QED) is 0.207. The number of hydrogen-bond acceptors (Lipinski definition) is 7. The largest absolute Gasteiger partial charge is 0.493 e. The number of rotatable bonds is 12. The van der Waals surface area contributed by atoms with Crippen molar-refractivity contribution in [3.05, 3.63) is 82.1 Å². The molecule has 3 N–H and O–H groups in total. The topological polar surface area (TPSA) is 130 Å². The summed E-state index contributed by atoms with van der Waals surface area (Å²) >= 11 is 6.29. The van der Waals surface area contributed by atoms with Crippen molar-refractivity contribution in [3.8, 4) is 17.2 Å². The number of methoxy groups -OCH3 is 2. The number of carboxylic acid groups (broad SMARTS) is 1. The number of halogens is 4. The van der Waals surface area contributed by atoms with Crippen LogP contribution in [0.3, 0.4) is 0 Å². The molecule has 0 bridgehead atoms. The maximum atomic E-state index is 14.6. The lowest BCUT2D eigenvalue weighted by Crippen LogP contribution is -2.52. The van der Waals surface area contributed by atoms with Crippen LogP contribution < -0.4 is 19.5 Å². The summed E-state index contributed by atoms with van der Waals surface area (Å²) in [6.45, 7) is 1.44. The summed E-state index contributed by atoms with van der Waals surface area (Å²) in [5.41, 5.74) is -5.78. The fourth-order valence-corrected chi connectivity index (χ4v) is 4.97. The molecule has 1 fully saturated rings. The molecule has 45 heavy (non-hydrogen) atoms. The zero-order valence-electron chi connectivity index (χ0n) is 24.9. The number of nitrogens with one attached hydrogen (secondary N) is 1. The molecule has 14 heteroatoms. The van der Waals surface area contributed by atoms with Crippen LogP contribution in [0.5, 0.6) is 17.2 Å². The van der Waals surface area contributed by atoms with Crippen molar-refractivity contribution in [2.24, 2.45) is 0 Å². The maximum Gasteiger partial charge on any atom is 0.424 e. The first-order valence-electron chi connectivity index (χ1n) is 13.8. The normalized spacial score (nSPS) is 14.7. The van der Waals surface area contributed by atoms with E-state index in [0.717, 1.165) is 23.8 Å². The molecule has 0 saturated heterocycles. The number of benzene rings is 2. The van der Waals surface area contributed by atoms with Gasteiger partial charge in [0.25, 0.3) is 5.91 Å². The number of pyridine rings is 1. The van der Waals surface area contributed by atoms with Crippen LogP contribution in [0.4, 0.5) is 18.0 Å². The number of carbonyl (C=O) groups excluding carboxylic acids is 1.